The molecule has 0 fully saturated rings. The summed E-state index contributed by atoms with van der Waals surface area (Å²) in [5.74, 6) is -0.355. The van der Waals surface area contributed by atoms with E-state index in [-0.39, 0.29) is 5.91 Å². The molecule has 0 spiro atoms. The number of benzene rings is 1. The number of hydrogen-bond acceptors (Lipinski definition) is 3. The molecule has 100 valence electrons. The van der Waals surface area contributed by atoms with Gasteiger partial charge in [0.25, 0.3) is 0 Å². The second kappa shape index (κ2) is 5.61. The van der Waals surface area contributed by atoms with Crippen LogP contribution in [0.5, 0.6) is 0 Å². The Labute approximate surface area is 120 Å². The molecular weight excluding hydrogens is 287 g/mol. The number of rotatable bonds is 3. The molecule has 5 nitrogen and oxygen atoms in total. The van der Waals surface area contributed by atoms with E-state index in [0.717, 1.165) is 0 Å². The van der Waals surface area contributed by atoms with E-state index >= 15 is 0 Å². The molecule has 1 aromatic heterocycles. The molecule has 0 radical (unpaired) electrons. The Hall–Kier alpha value is -1.56. The maximum absolute atomic E-state index is 12.0. The van der Waals surface area contributed by atoms with E-state index in [1.54, 1.807) is 42.3 Å². The Balaban J connectivity index is 2.12. The van der Waals surface area contributed by atoms with Crippen molar-refractivity contribution >= 4 is 34.8 Å². The summed E-state index contributed by atoms with van der Waals surface area (Å²) in [6, 6.07) is 3.98. The minimum atomic E-state index is -0.800. The van der Waals surface area contributed by atoms with Gasteiger partial charge < -0.3 is 11.1 Å². The van der Waals surface area contributed by atoms with E-state index in [9.17, 15) is 4.79 Å². The van der Waals surface area contributed by atoms with Gasteiger partial charge in [-0.25, -0.2) is 0 Å². The summed E-state index contributed by atoms with van der Waals surface area (Å²) in [5.41, 5.74) is 6.98. The van der Waals surface area contributed by atoms with E-state index < -0.39 is 6.04 Å². The fraction of sp³-hybridized carbons (Fsp3) is 0.167. The van der Waals surface area contributed by atoms with Crippen molar-refractivity contribution in [3.8, 4) is 0 Å². The van der Waals surface area contributed by atoms with E-state index in [2.05, 4.69) is 10.4 Å². The number of amides is 1. The number of halogens is 2. The first-order chi connectivity index (χ1) is 8.95. The van der Waals surface area contributed by atoms with Crippen LogP contribution in [0.15, 0.2) is 30.6 Å². The van der Waals surface area contributed by atoms with Crippen LogP contribution >= 0.6 is 23.2 Å². The quantitative estimate of drug-likeness (QED) is 0.913. The molecule has 0 saturated heterocycles. The van der Waals surface area contributed by atoms with Crippen molar-refractivity contribution in [1.29, 1.82) is 0 Å². The highest BCUT2D eigenvalue weighted by Gasteiger charge is 2.17. The first-order valence-corrected chi connectivity index (χ1v) is 6.22. The molecule has 2 rings (SSSR count). The van der Waals surface area contributed by atoms with Crippen LogP contribution < -0.4 is 11.1 Å². The van der Waals surface area contributed by atoms with Gasteiger partial charge in [0.05, 0.1) is 6.20 Å². The number of hydrogen-bond donors (Lipinski definition) is 2. The molecule has 2 aromatic rings. The summed E-state index contributed by atoms with van der Waals surface area (Å²) >= 11 is 11.7. The molecule has 0 aliphatic carbocycles. The average Bonchev–Trinajstić information content (AvgIpc) is 2.73. The summed E-state index contributed by atoms with van der Waals surface area (Å²) in [4.78, 5) is 12.0. The number of nitrogens with one attached hydrogen (secondary N) is 1. The fourth-order valence-electron chi connectivity index (χ4n) is 1.60. The van der Waals surface area contributed by atoms with Gasteiger partial charge in [0.15, 0.2) is 0 Å². The van der Waals surface area contributed by atoms with Gasteiger partial charge in [-0.15, -0.1) is 0 Å². The average molecular weight is 299 g/mol. The van der Waals surface area contributed by atoms with Crippen molar-refractivity contribution in [1.82, 2.24) is 9.78 Å². The Morgan fingerprint density at radius 2 is 2.00 bits per heavy atom. The van der Waals surface area contributed by atoms with Crippen LogP contribution in [0, 0.1) is 0 Å². The number of aromatic nitrogens is 2. The van der Waals surface area contributed by atoms with Crippen molar-refractivity contribution < 1.29 is 4.79 Å². The SMILES string of the molecule is Cn1cc(C(N)C(=O)Nc2cc(Cl)cc(Cl)c2)cn1. The van der Waals surface area contributed by atoms with Crippen molar-refractivity contribution in [2.45, 2.75) is 6.04 Å². The number of carbonyl (C=O) groups excluding carboxylic acids is 1. The zero-order valence-corrected chi connectivity index (χ0v) is 11.6. The standard InChI is InChI=1S/C12H12Cl2N4O/c1-18-6-7(5-16-18)11(15)12(19)17-10-3-8(13)2-9(14)4-10/h2-6,11H,15H2,1H3,(H,17,19). The van der Waals surface area contributed by atoms with Crippen LogP contribution in [0.25, 0.3) is 0 Å². The van der Waals surface area contributed by atoms with Gasteiger partial charge in [0, 0.05) is 34.5 Å². The third kappa shape index (κ3) is 3.47. The van der Waals surface area contributed by atoms with Gasteiger partial charge in [0.1, 0.15) is 6.04 Å². The molecule has 1 heterocycles. The van der Waals surface area contributed by atoms with Crippen LogP contribution in [-0.2, 0) is 11.8 Å². The lowest BCUT2D eigenvalue weighted by Gasteiger charge is -2.11. The molecule has 7 heteroatoms. The topological polar surface area (TPSA) is 72.9 Å². The molecule has 19 heavy (non-hydrogen) atoms. The van der Waals surface area contributed by atoms with Gasteiger partial charge in [-0.2, -0.15) is 5.10 Å². The second-order valence-corrected chi connectivity index (χ2v) is 4.95. The van der Waals surface area contributed by atoms with Crippen LogP contribution in [0.1, 0.15) is 11.6 Å². The summed E-state index contributed by atoms with van der Waals surface area (Å²) in [5, 5.41) is 7.52. The second-order valence-electron chi connectivity index (χ2n) is 4.07. The number of aryl methyl sites for hydroxylation is 1. The highest BCUT2D eigenvalue weighted by Crippen LogP contribution is 2.23. The zero-order chi connectivity index (χ0) is 14.0. The molecule has 3 N–H and O–H groups in total. The summed E-state index contributed by atoms with van der Waals surface area (Å²) in [7, 11) is 1.75. The normalized spacial score (nSPS) is 12.2. The molecule has 0 aliphatic rings. The van der Waals surface area contributed by atoms with Crippen molar-refractivity contribution in [3.63, 3.8) is 0 Å². The predicted octanol–water partition coefficient (Wildman–Crippen LogP) is 2.37. The Bertz CT molecular complexity index is 591. The smallest absolute Gasteiger partial charge is 0.246 e. The van der Waals surface area contributed by atoms with Crippen molar-refractivity contribution in [3.05, 3.63) is 46.2 Å². The number of anilines is 1. The lowest BCUT2D eigenvalue weighted by atomic mass is 10.1. The maximum atomic E-state index is 12.0. The molecule has 1 aromatic carbocycles. The van der Waals surface area contributed by atoms with Crippen LogP contribution in [0.2, 0.25) is 10.0 Å². The van der Waals surface area contributed by atoms with Crippen molar-refractivity contribution in [2.24, 2.45) is 12.8 Å². The van der Waals surface area contributed by atoms with E-state index in [1.165, 1.54) is 0 Å². The minimum absolute atomic E-state index is 0.355. The third-order valence-electron chi connectivity index (χ3n) is 2.50. The Kier molecular flexibility index (Phi) is 4.09. The lowest BCUT2D eigenvalue weighted by molar-refractivity contribution is -0.117. The molecule has 0 saturated carbocycles. The largest absolute Gasteiger partial charge is 0.324 e. The van der Waals surface area contributed by atoms with E-state index in [4.69, 9.17) is 28.9 Å². The summed E-state index contributed by atoms with van der Waals surface area (Å²) in [6.45, 7) is 0. The third-order valence-corrected chi connectivity index (χ3v) is 2.93. The van der Waals surface area contributed by atoms with Crippen LogP contribution in [-0.4, -0.2) is 15.7 Å². The van der Waals surface area contributed by atoms with Crippen LogP contribution in [0.4, 0.5) is 5.69 Å². The molecule has 0 aliphatic heterocycles. The highest BCUT2D eigenvalue weighted by atomic mass is 35.5. The zero-order valence-electron chi connectivity index (χ0n) is 10.1. The molecule has 1 unspecified atom stereocenters. The minimum Gasteiger partial charge on any atom is -0.324 e. The Morgan fingerprint density at radius 1 is 1.37 bits per heavy atom. The lowest BCUT2D eigenvalue weighted by Crippen LogP contribution is -2.27. The molecular formula is C12H12Cl2N4O. The van der Waals surface area contributed by atoms with Gasteiger partial charge in [-0.3, -0.25) is 9.48 Å². The predicted molar refractivity (Wildman–Crippen MR) is 75.2 cm³/mol. The first kappa shape index (κ1) is 13.9. The number of nitrogens with two attached hydrogens (primary N) is 1. The summed E-state index contributed by atoms with van der Waals surface area (Å²) in [6.07, 6.45) is 3.24. The van der Waals surface area contributed by atoms with Crippen molar-refractivity contribution in [2.75, 3.05) is 5.32 Å². The molecule has 1 atom stereocenters. The van der Waals surface area contributed by atoms with Gasteiger partial charge in [0.2, 0.25) is 5.91 Å². The fourth-order valence-corrected chi connectivity index (χ4v) is 2.12. The van der Waals surface area contributed by atoms with E-state index in [0.29, 0.717) is 21.3 Å². The molecule has 0 bridgehead atoms. The van der Waals surface area contributed by atoms with Gasteiger partial charge in [-0.05, 0) is 18.2 Å². The Morgan fingerprint density at radius 3 is 2.53 bits per heavy atom. The van der Waals surface area contributed by atoms with Gasteiger partial charge >= 0.3 is 0 Å². The molecule has 1 amide bonds. The van der Waals surface area contributed by atoms with Gasteiger partial charge in [-0.1, -0.05) is 23.2 Å². The number of carbonyl (C=O) groups is 1. The monoisotopic (exact) mass is 298 g/mol. The summed E-state index contributed by atoms with van der Waals surface area (Å²) < 4.78 is 1.58. The maximum Gasteiger partial charge on any atom is 0.246 e. The van der Waals surface area contributed by atoms with E-state index in [1.807, 2.05) is 0 Å². The van der Waals surface area contributed by atoms with Crippen LogP contribution in [0.3, 0.4) is 0 Å². The highest BCUT2D eigenvalue weighted by molar-refractivity contribution is 6.35. The number of nitrogens with zero attached hydrogens (tertiary/aromatic N) is 2. The first-order valence-electron chi connectivity index (χ1n) is 5.47.